The van der Waals surface area contributed by atoms with E-state index >= 15 is 0 Å². The van der Waals surface area contributed by atoms with Crippen LogP contribution in [0.1, 0.15) is 32.1 Å². The Labute approximate surface area is 125 Å². The minimum atomic E-state index is -5.83. The third kappa shape index (κ3) is 1.41. The Morgan fingerprint density at radius 2 is 1.77 bits per heavy atom. The molecule has 9 heteroatoms. The summed E-state index contributed by atoms with van der Waals surface area (Å²) in [7, 11) is -5.83. The van der Waals surface area contributed by atoms with Crippen LogP contribution in [0.2, 0.25) is 0 Å². The molecule has 0 radical (unpaired) electrons. The number of aliphatic hydroxyl groups is 1. The van der Waals surface area contributed by atoms with Crippen molar-refractivity contribution in [3.8, 4) is 0 Å². The molecule has 124 valence electrons. The Kier molecular flexibility index (Phi) is 2.45. The van der Waals surface area contributed by atoms with Crippen LogP contribution in [0.4, 0.5) is 8.78 Å². The largest absolute Gasteiger partial charge is 0.465 e. The van der Waals surface area contributed by atoms with Gasteiger partial charge in [-0.3, -0.25) is 4.55 Å². The Morgan fingerprint density at radius 1 is 1.23 bits per heavy atom. The minimum Gasteiger partial charge on any atom is -0.460 e. The maximum Gasteiger partial charge on any atom is 0.465 e. The molecule has 0 aromatic heterocycles. The van der Waals surface area contributed by atoms with Crippen molar-refractivity contribution in [1.82, 2.24) is 0 Å². The number of fused-ring (bicyclic) bond motifs is 1. The van der Waals surface area contributed by atoms with E-state index in [9.17, 15) is 27.1 Å². The highest BCUT2D eigenvalue weighted by molar-refractivity contribution is 7.87. The fourth-order valence-corrected chi connectivity index (χ4v) is 6.18. The molecular weight excluding hydrogens is 322 g/mol. The van der Waals surface area contributed by atoms with Gasteiger partial charge in [0, 0.05) is 10.8 Å². The molecule has 2 N–H and O–H groups in total. The molecule has 4 rings (SSSR count). The van der Waals surface area contributed by atoms with Crippen LogP contribution in [0, 0.1) is 22.7 Å². The van der Waals surface area contributed by atoms with E-state index < -0.39 is 32.4 Å². The summed E-state index contributed by atoms with van der Waals surface area (Å²) in [6, 6.07) is 0. The first-order valence-electron chi connectivity index (χ1n) is 7.20. The van der Waals surface area contributed by atoms with E-state index in [0.29, 0.717) is 43.9 Å². The summed E-state index contributed by atoms with van der Waals surface area (Å²) in [6.07, 6.45) is 3.46. The van der Waals surface area contributed by atoms with Crippen LogP contribution < -0.4 is 0 Å². The van der Waals surface area contributed by atoms with Crippen LogP contribution >= 0.6 is 0 Å². The van der Waals surface area contributed by atoms with Gasteiger partial charge in [0.15, 0.2) is 0 Å². The Hall–Kier alpha value is -0.800. The highest BCUT2D eigenvalue weighted by Crippen LogP contribution is 2.85. The second-order valence-electron chi connectivity index (χ2n) is 7.53. The zero-order valence-electron chi connectivity index (χ0n) is 11.6. The van der Waals surface area contributed by atoms with Crippen molar-refractivity contribution in [1.29, 1.82) is 0 Å². The zero-order chi connectivity index (χ0) is 16.2. The molecular formula is C13H16F2O6S. The lowest BCUT2D eigenvalue weighted by atomic mass is 9.35. The number of esters is 1. The van der Waals surface area contributed by atoms with Crippen LogP contribution in [-0.4, -0.2) is 41.5 Å². The second-order valence-corrected chi connectivity index (χ2v) is 8.99. The summed E-state index contributed by atoms with van der Waals surface area (Å²) in [6.45, 7) is -0.290. The number of ether oxygens (including phenoxy) is 1. The Balaban J connectivity index is 1.47. The molecule has 2 atom stereocenters. The predicted octanol–water partition coefficient (Wildman–Crippen LogP) is 0.951. The molecule has 0 aliphatic heterocycles. The fourth-order valence-electron chi connectivity index (χ4n) is 5.91. The van der Waals surface area contributed by atoms with E-state index in [-0.39, 0.29) is 12.0 Å². The molecule has 2 bridgehead atoms. The molecule has 2 unspecified atom stereocenters. The highest BCUT2D eigenvalue weighted by atomic mass is 32.2. The van der Waals surface area contributed by atoms with Crippen LogP contribution in [-0.2, 0) is 19.6 Å². The number of carbonyl (C=O) groups is 1. The number of hydrogen-bond donors (Lipinski definition) is 2. The smallest absolute Gasteiger partial charge is 0.460 e. The van der Waals surface area contributed by atoms with Gasteiger partial charge in [0.25, 0.3) is 0 Å². The molecule has 0 aromatic carbocycles. The number of rotatable bonds is 4. The molecule has 6 nitrogen and oxygen atoms in total. The van der Waals surface area contributed by atoms with E-state index in [2.05, 4.69) is 4.74 Å². The molecule has 0 aromatic rings. The van der Waals surface area contributed by atoms with E-state index in [1.165, 1.54) is 0 Å². The lowest BCUT2D eigenvalue weighted by Gasteiger charge is -2.71. The SMILES string of the molecule is O=C(OCC12CC3CC4(O)CC(C1)C34C2)C(F)(F)S(=O)(=O)O. The van der Waals surface area contributed by atoms with Crippen LogP contribution in [0.3, 0.4) is 0 Å². The summed E-state index contributed by atoms with van der Waals surface area (Å²) in [5.74, 6) is -1.56. The van der Waals surface area contributed by atoms with Gasteiger partial charge >= 0.3 is 21.3 Å². The first-order chi connectivity index (χ1) is 9.96. The summed E-state index contributed by atoms with van der Waals surface area (Å²) >= 11 is 0. The van der Waals surface area contributed by atoms with Crippen molar-refractivity contribution in [2.24, 2.45) is 22.7 Å². The van der Waals surface area contributed by atoms with Crippen LogP contribution in [0.15, 0.2) is 0 Å². The molecule has 4 aliphatic rings. The third-order valence-corrected chi connectivity index (χ3v) is 7.40. The molecule has 0 saturated heterocycles. The van der Waals surface area contributed by atoms with E-state index in [4.69, 9.17) is 4.55 Å². The van der Waals surface area contributed by atoms with Gasteiger partial charge in [-0.1, -0.05) is 0 Å². The van der Waals surface area contributed by atoms with Crippen molar-refractivity contribution >= 4 is 16.1 Å². The van der Waals surface area contributed by atoms with E-state index in [1.54, 1.807) is 0 Å². The number of halogens is 2. The highest BCUT2D eigenvalue weighted by Gasteiger charge is 2.84. The van der Waals surface area contributed by atoms with Crippen molar-refractivity contribution in [3.05, 3.63) is 0 Å². The Bertz CT molecular complexity index is 656. The summed E-state index contributed by atoms with van der Waals surface area (Å²) in [5.41, 5.74) is -1.21. The standard InChI is InChI=1S/C13H16F2O6S/c14-13(15,22(18,19)20)9(16)21-6-10-1-7-3-11(17)4-8(2-10)12(7,11)5-10/h7-8,17H,1-6H2,(H,18,19,20). The van der Waals surface area contributed by atoms with E-state index in [1.807, 2.05) is 0 Å². The number of hydrogen-bond acceptors (Lipinski definition) is 5. The Morgan fingerprint density at radius 3 is 2.18 bits per heavy atom. The number of carbonyl (C=O) groups excluding carboxylic acids is 1. The molecule has 0 heterocycles. The molecule has 22 heavy (non-hydrogen) atoms. The summed E-state index contributed by atoms with van der Waals surface area (Å²) in [5, 5.41) is 5.47. The van der Waals surface area contributed by atoms with Crippen molar-refractivity contribution in [3.63, 3.8) is 0 Å². The van der Waals surface area contributed by atoms with Gasteiger partial charge in [0.05, 0.1) is 12.2 Å². The lowest BCUT2D eigenvalue weighted by molar-refractivity contribution is -0.306. The molecule has 1 spiro atoms. The van der Waals surface area contributed by atoms with Gasteiger partial charge in [0.2, 0.25) is 0 Å². The number of alkyl halides is 2. The quantitative estimate of drug-likeness (QED) is 0.585. The first-order valence-corrected chi connectivity index (χ1v) is 8.64. The first kappa shape index (κ1) is 14.8. The van der Waals surface area contributed by atoms with Gasteiger partial charge in [0.1, 0.15) is 0 Å². The van der Waals surface area contributed by atoms with Crippen molar-refractivity contribution in [2.75, 3.05) is 6.61 Å². The van der Waals surface area contributed by atoms with Gasteiger partial charge in [-0.2, -0.15) is 17.2 Å². The normalized spacial score (nSPS) is 48.4. The fraction of sp³-hybridized carbons (Fsp3) is 0.923. The van der Waals surface area contributed by atoms with Crippen molar-refractivity contribution in [2.45, 2.75) is 43.0 Å². The average molecular weight is 338 g/mol. The molecule has 4 saturated carbocycles. The van der Waals surface area contributed by atoms with Gasteiger partial charge in [-0.25, -0.2) is 4.79 Å². The maximum absolute atomic E-state index is 13.2. The second kappa shape index (κ2) is 3.64. The zero-order valence-corrected chi connectivity index (χ0v) is 12.4. The lowest BCUT2D eigenvalue weighted by Crippen LogP contribution is -2.73. The van der Waals surface area contributed by atoms with Gasteiger partial charge in [-0.15, -0.1) is 0 Å². The molecule has 0 amide bonds. The average Bonchev–Trinajstić information content (AvgIpc) is 2.84. The summed E-state index contributed by atoms with van der Waals surface area (Å²) in [4.78, 5) is 11.3. The van der Waals surface area contributed by atoms with Gasteiger partial charge < -0.3 is 9.84 Å². The van der Waals surface area contributed by atoms with Crippen LogP contribution in [0.5, 0.6) is 0 Å². The third-order valence-electron chi connectivity index (χ3n) is 6.59. The maximum atomic E-state index is 13.2. The minimum absolute atomic E-state index is 0.134. The topological polar surface area (TPSA) is 101 Å². The summed E-state index contributed by atoms with van der Waals surface area (Å²) < 4.78 is 60.4. The molecule has 4 aliphatic carbocycles. The molecule has 4 fully saturated rings. The predicted molar refractivity (Wildman–Crippen MR) is 67.3 cm³/mol. The monoisotopic (exact) mass is 338 g/mol. The van der Waals surface area contributed by atoms with Gasteiger partial charge in [-0.05, 0) is 43.9 Å². The van der Waals surface area contributed by atoms with Crippen LogP contribution in [0.25, 0.3) is 0 Å². The van der Waals surface area contributed by atoms with E-state index in [0.717, 1.165) is 0 Å². The van der Waals surface area contributed by atoms with Crippen molar-refractivity contribution < 1.29 is 36.4 Å².